The van der Waals surface area contributed by atoms with Crippen LogP contribution >= 0.6 is 0 Å². The van der Waals surface area contributed by atoms with E-state index in [0.29, 0.717) is 30.1 Å². The summed E-state index contributed by atoms with van der Waals surface area (Å²) in [5.41, 5.74) is 9.91. The summed E-state index contributed by atoms with van der Waals surface area (Å²) in [4.78, 5) is 13.0. The van der Waals surface area contributed by atoms with E-state index in [9.17, 15) is 5.11 Å². The number of nitrogens with zero attached hydrogens (tertiary/aromatic N) is 5. The average Bonchev–Trinajstić information content (AvgIpc) is 3.05. The minimum absolute atomic E-state index is 0.126. The van der Waals surface area contributed by atoms with Crippen molar-refractivity contribution in [1.82, 2.24) is 30.0 Å². The van der Waals surface area contributed by atoms with Gasteiger partial charge in [-0.25, -0.2) is 4.98 Å². The van der Waals surface area contributed by atoms with Gasteiger partial charge in [0.15, 0.2) is 5.82 Å². The quantitative estimate of drug-likeness (QED) is 0.415. The molecule has 27 heavy (non-hydrogen) atoms. The van der Waals surface area contributed by atoms with Crippen molar-refractivity contribution in [3.05, 3.63) is 35.3 Å². The van der Waals surface area contributed by atoms with Crippen molar-refractivity contribution >= 4 is 22.8 Å². The molecule has 0 bridgehead atoms. The maximum absolute atomic E-state index is 9.65. The van der Waals surface area contributed by atoms with E-state index in [2.05, 4.69) is 37.6 Å². The highest BCUT2D eigenvalue weighted by Crippen LogP contribution is 2.23. The molecule has 0 aromatic carbocycles. The first-order valence-electron chi connectivity index (χ1n) is 9.11. The van der Waals surface area contributed by atoms with E-state index in [1.54, 1.807) is 12.4 Å². The molecule has 9 heteroatoms. The molecule has 3 rings (SSSR count). The molecule has 0 amide bonds. The predicted molar refractivity (Wildman–Crippen MR) is 105 cm³/mol. The fourth-order valence-electron chi connectivity index (χ4n) is 2.97. The molecule has 0 atom stereocenters. The topological polar surface area (TPSA) is 127 Å². The Labute approximate surface area is 158 Å². The van der Waals surface area contributed by atoms with Crippen LogP contribution in [0.15, 0.2) is 18.5 Å². The van der Waals surface area contributed by atoms with E-state index >= 15 is 0 Å². The van der Waals surface area contributed by atoms with Crippen LogP contribution in [-0.4, -0.2) is 43.4 Å². The van der Waals surface area contributed by atoms with Gasteiger partial charge < -0.3 is 21.5 Å². The summed E-state index contributed by atoms with van der Waals surface area (Å²) in [6, 6.07) is 2.03. The second kappa shape index (κ2) is 8.74. The summed E-state index contributed by atoms with van der Waals surface area (Å²) in [5.74, 6) is 0.892. The van der Waals surface area contributed by atoms with Crippen LogP contribution in [0.4, 0.5) is 11.8 Å². The zero-order chi connectivity index (χ0) is 19.2. The highest BCUT2D eigenvalue weighted by atomic mass is 16.3. The minimum atomic E-state index is -0.126. The lowest BCUT2D eigenvalue weighted by molar-refractivity contribution is 0.275. The Balaban J connectivity index is 1.98. The molecular weight excluding hydrogens is 344 g/mol. The third-order valence-electron chi connectivity index (χ3n) is 4.30. The van der Waals surface area contributed by atoms with E-state index in [1.165, 1.54) is 0 Å². The van der Waals surface area contributed by atoms with Crippen LogP contribution in [0.2, 0.25) is 0 Å². The third kappa shape index (κ3) is 4.32. The van der Waals surface area contributed by atoms with E-state index in [1.807, 2.05) is 17.8 Å². The van der Waals surface area contributed by atoms with Crippen molar-refractivity contribution in [2.24, 2.45) is 0 Å². The number of hydrogen-bond acceptors (Lipinski definition) is 8. The maximum Gasteiger partial charge on any atom is 0.222 e. The second-order valence-corrected chi connectivity index (χ2v) is 6.38. The van der Waals surface area contributed by atoms with Gasteiger partial charge in [0.2, 0.25) is 5.95 Å². The molecule has 0 unspecified atom stereocenters. The van der Waals surface area contributed by atoms with E-state index in [4.69, 9.17) is 5.73 Å². The molecule has 0 aliphatic rings. The largest absolute Gasteiger partial charge is 0.390 e. The number of aliphatic hydroxyl groups excluding tert-OH is 1. The Kier molecular flexibility index (Phi) is 6.15. The number of nitrogen functional groups attached to an aromatic ring is 1. The fourth-order valence-corrected chi connectivity index (χ4v) is 2.97. The SMILES string of the molecule is CCCCNc1nc(N)nc2cnn(Cc3cc(CNC)cnc3CO)c12. The Morgan fingerprint density at radius 1 is 1.26 bits per heavy atom. The van der Waals surface area contributed by atoms with Gasteiger partial charge in [-0.2, -0.15) is 10.1 Å². The summed E-state index contributed by atoms with van der Waals surface area (Å²) in [5, 5.41) is 20.6. The highest BCUT2D eigenvalue weighted by Gasteiger charge is 2.14. The van der Waals surface area contributed by atoms with Gasteiger partial charge in [0.25, 0.3) is 0 Å². The van der Waals surface area contributed by atoms with E-state index in [0.717, 1.165) is 36.0 Å². The zero-order valence-corrected chi connectivity index (χ0v) is 15.7. The number of hydrogen-bond donors (Lipinski definition) is 4. The van der Waals surface area contributed by atoms with Crippen LogP contribution in [0.1, 0.15) is 36.6 Å². The van der Waals surface area contributed by atoms with Gasteiger partial charge in [-0.15, -0.1) is 0 Å². The number of nitrogens with two attached hydrogens (primary N) is 1. The summed E-state index contributed by atoms with van der Waals surface area (Å²) in [6.07, 6.45) is 5.57. The summed E-state index contributed by atoms with van der Waals surface area (Å²) in [6.45, 7) is 3.97. The molecule has 0 spiro atoms. The van der Waals surface area contributed by atoms with Crippen molar-refractivity contribution in [3.8, 4) is 0 Å². The number of anilines is 2. The van der Waals surface area contributed by atoms with Gasteiger partial charge in [0.05, 0.1) is 25.0 Å². The molecular formula is C18H26N8O. The number of nitrogens with one attached hydrogen (secondary N) is 2. The molecule has 144 valence electrons. The first-order valence-corrected chi connectivity index (χ1v) is 9.11. The fraction of sp³-hybridized carbons (Fsp3) is 0.444. The van der Waals surface area contributed by atoms with Crippen LogP contribution in [0, 0.1) is 0 Å². The number of aliphatic hydroxyl groups is 1. The number of aromatic nitrogens is 5. The Bertz CT molecular complexity index is 908. The molecule has 5 N–H and O–H groups in total. The van der Waals surface area contributed by atoms with E-state index in [-0.39, 0.29) is 12.6 Å². The molecule has 3 aromatic rings. The van der Waals surface area contributed by atoms with Crippen molar-refractivity contribution in [2.75, 3.05) is 24.6 Å². The molecule has 0 aliphatic carbocycles. The third-order valence-corrected chi connectivity index (χ3v) is 4.30. The van der Waals surface area contributed by atoms with E-state index < -0.39 is 0 Å². The van der Waals surface area contributed by atoms with Crippen molar-refractivity contribution in [2.45, 2.75) is 39.5 Å². The van der Waals surface area contributed by atoms with Crippen molar-refractivity contribution in [1.29, 1.82) is 0 Å². The van der Waals surface area contributed by atoms with Crippen LogP contribution in [0.3, 0.4) is 0 Å². The molecule has 9 nitrogen and oxygen atoms in total. The summed E-state index contributed by atoms with van der Waals surface area (Å²) < 4.78 is 1.82. The van der Waals surface area contributed by atoms with Gasteiger partial charge in [-0.05, 0) is 30.7 Å². The molecule has 0 aliphatic heterocycles. The standard InChI is InChI=1S/C18H26N8O/c1-3-4-5-21-17-16-14(24-18(19)25-17)9-23-26(16)10-13-6-12(7-20-2)8-22-15(13)11-27/h6,8-9,20,27H,3-5,7,10-11H2,1-2H3,(H3,19,21,24,25). The number of rotatable bonds is 9. The monoisotopic (exact) mass is 370 g/mol. The normalized spacial score (nSPS) is 11.2. The van der Waals surface area contributed by atoms with Crippen molar-refractivity contribution < 1.29 is 5.11 Å². The number of fused-ring (bicyclic) bond motifs is 1. The number of unbranched alkanes of at least 4 members (excludes halogenated alkanes) is 1. The van der Waals surface area contributed by atoms with Crippen LogP contribution < -0.4 is 16.4 Å². The minimum Gasteiger partial charge on any atom is -0.390 e. The van der Waals surface area contributed by atoms with Gasteiger partial charge in [0, 0.05) is 19.3 Å². The molecule has 3 aromatic heterocycles. The summed E-state index contributed by atoms with van der Waals surface area (Å²) >= 11 is 0. The molecule has 0 saturated heterocycles. The Hall–Kier alpha value is -2.78. The van der Waals surface area contributed by atoms with Crippen LogP contribution in [0.5, 0.6) is 0 Å². The number of pyridine rings is 1. The predicted octanol–water partition coefficient (Wildman–Crippen LogP) is 1.28. The molecule has 0 radical (unpaired) electrons. The van der Waals surface area contributed by atoms with Gasteiger partial charge in [-0.1, -0.05) is 13.3 Å². The molecule has 0 fully saturated rings. The van der Waals surface area contributed by atoms with Gasteiger partial charge in [-0.3, -0.25) is 9.67 Å². The van der Waals surface area contributed by atoms with Crippen LogP contribution in [-0.2, 0) is 19.7 Å². The second-order valence-electron chi connectivity index (χ2n) is 6.38. The lowest BCUT2D eigenvalue weighted by Gasteiger charge is -2.12. The van der Waals surface area contributed by atoms with Gasteiger partial charge >= 0.3 is 0 Å². The Morgan fingerprint density at radius 2 is 2.11 bits per heavy atom. The summed E-state index contributed by atoms with van der Waals surface area (Å²) in [7, 11) is 1.89. The first kappa shape index (κ1) is 19.0. The first-order chi connectivity index (χ1) is 13.2. The highest BCUT2D eigenvalue weighted by molar-refractivity contribution is 5.86. The maximum atomic E-state index is 9.65. The Morgan fingerprint density at radius 3 is 2.85 bits per heavy atom. The smallest absolute Gasteiger partial charge is 0.222 e. The lowest BCUT2D eigenvalue weighted by atomic mass is 10.1. The van der Waals surface area contributed by atoms with Crippen molar-refractivity contribution in [3.63, 3.8) is 0 Å². The average molecular weight is 370 g/mol. The zero-order valence-electron chi connectivity index (χ0n) is 15.7. The van der Waals surface area contributed by atoms with Gasteiger partial charge in [0.1, 0.15) is 11.0 Å². The molecule has 3 heterocycles. The van der Waals surface area contributed by atoms with Crippen LogP contribution in [0.25, 0.3) is 11.0 Å². The molecule has 0 saturated carbocycles. The lowest BCUT2D eigenvalue weighted by Crippen LogP contribution is -2.12.